The van der Waals surface area contributed by atoms with Gasteiger partial charge in [0.25, 0.3) is 0 Å². The first-order chi connectivity index (χ1) is 12.4. The van der Waals surface area contributed by atoms with Crippen molar-refractivity contribution in [1.82, 2.24) is 9.55 Å². The molecule has 0 amide bonds. The van der Waals surface area contributed by atoms with E-state index < -0.39 is 9.84 Å². The van der Waals surface area contributed by atoms with E-state index in [1.54, 1.807) is 11.3 Å². The molecule has 8 heteroatoms. The highest BCUT2D eigenvalue weighted by Gasteiger charge is 2.31. The fraction of sp³-hybridized carbons (Fsp3) is 0.611. The number of nitrogens with one attached hydrogen (secondary N) is 1. The van der Waals surface area contributed by atoms with Crippen molar-refractivity contribution in [3.05, 3.63) is 22.8 Å². The molecule has 26 heavy (non-hydrogen) atoms. The fourth-order valence-corrected chi connectivity index (χ4v) is 6.48. The summed E-state index contributed by atoms with van der Waals surface area (Å²) in [5.74, 6) is 0.534. The van der Waals surface area contributed by atoms with Crippen LogP contribution in [0.25, 0.3) is 11.3 Å². The minimum atomic E-state index is -2.90. The normalized spacial score (nSPS) is 25.0. The number of nitrogens with zero attached hydrogens (tertiary/aromatic N) is 2. The Bertz CT molecular complexity index is 895. The Morgan fingerprint density at radius 1 is 1.38 bits per heavy atom. The zero-order valence-corrected chi connectivity index (χ0v) is 16.8. The van der Waals surface area contributed by atoms with E-state index in [0.717, 1.165) is 53.8 Å². The number of rotatable bonds is 5. The van der Waals surface area contributed by atoms with Gasteiger partial charge in [0.1, 0.15) is 0 Å². The zero-order valence-electron chi connectivity index (χ0n) is 15.2. The molecule has 6 nitrogen and oxygen atoms in total. The van der Waals surface area contributed by atoms with Gasteiger partial charge >= 0.3 is 0 Å². The van der Waals surface area contributed by atoms with Crippen molar-refractivity contribution in [2.24, 2.45) is 0 Å². The first kappa shape index (κ1) is 18.0. The maximum absolute atomic E-state index is 11.9. The van der Waals surface area contributed by atoms with Gasteiger partial charge in [0.2, 0.25) is 0 Å². The van der Waals surface area contributed by atoms with Crippen LogP contribution in [-0.2, 0) is 14.6 Å². The molecule has 0 bridgehead atoms. The molecule has 2 aliphatic heterocycles. The third-order valence-corrected chi connectivity index (χ3v) is 7.89. The number of anilines is 1. The highest BCUT2D eigenvalue weighted by molar-refractivity contribution is 7.91. The average Bonchev–Trinajstić information content (AvgIpc) is 3.34. The molecule has 1 N–H and O–H groups in total. The maximum atomic E-state index is 11.9. The topological polar surface area (TPSA) is 73.2 Å². The van der Waals surface area contributed by atoms with E-state index in [9.17, 15) is 8.42 Å². The van der Waals surface area contributed by atoms with Crippen LogP contribution in [0.1, 0.15) is 36.7 Å². The van der Waals surface area contributed by atoms with Gasteiger partial charge in [0.15, 0.2) is 15.0 Å². The molecule has 142 valence electrons. The molecule has 4 heterocycles. The minimum absolute atomic E-state index is 0.0458. The summed E-state index contributed by atoms with van der Waals surface area (Å²) in [5, 5.41) is 6.35. The van der Waals surface area contributed by atoms with Crippen molar-refractivity contribution < 1.29 is 13.2 Å². The van der Waals surface area contributed by atoms with Crippen LogP contribution in [0.4, 0.5) is 5.13 Å². The Balaban J connectivity index is 1.52. The van der Waals surface area contributed by atoms with Crippen LogP contribution in [0, 0.1) is 13.8 Å². The quantitative estimate of drug-likeness (QED) is 0.842. The number of hydrogen-bond donors (Lipinski definition) is 1. The molecule has 2 fully saturated rings. The second-order valence-electron chi connectivity index (χ2n) is 7.27. The minimum Gasteiger partial charge on any atom is -0.376 e. The monoisotopic (exact) mass is 395 g/mol. The van der Waals surface area contributed by atoms with E-state index in [2.05, 4.69) is 28.3 Å². The summed E-state index contributed by atoms with van der Waals surface area (Å²) in [7, 11) is -2.90. The highest BCUT2D eigenvalue weighted by Crippen LogP contribution is 2.34. The van der Waals surface area contributed by atoms with Crippen LogP contribution < -0.4 is 5.32 Å². The van der Waals surface area contributed by atoms with Crippen LogP contribution >= 0.6 is 11.3 Å². The average molecular weight is 396 g/mol. The molecular formula is C18H25N3O3S2. The molecule has 2 aromatic rings. The number of sulfone groups is 1. The number of thiazole rings is 1. The third kappa shape index (κ3) is 3.54. The lowest BCUT2D eigenvalue weighted by atomic mass is 10.2. The lowest BCUT2D eigenvalue weighted by Gasteiger charge is -2.16. The Labute approximate surface area is 158 Å². The molecule has 0 aromatic carbocycles. The first-order valence-corrected chi connectivity index (χ1v) is 11.8. The van der Waals surface area contributed by atoms with Gasteiger partial charge in [-0.1, -0.05) is 0 Å². The SMILES string of the molecule is Cc1cc(-c2csc(NCC3CCCO3)n2)c(C)n1C1CCS(=O)(=O)C1. The van der Waals surface area contributed by atoms with Gasteiger partial charge < -0.3 is 14.6 Å². The predicted octanol–water partition coefficient (Wildman–Crippen LogP) is 3.18. The molecule has 2 aliphatic rings. The Morgan fingerprint density at radius 2 is 2.23 bits per heavy atom. The van der Waals surface area contributed by atoms with Crippen molar-refractivity contribution in [1.29, 1.82) is 0 Å². The van der Waals surface area contributed by atoms with E-state index in [0.29, 0.717) is 6.42 Å². The largest absolute Gasteiger partial charge is 0.376 e. The third-order valence-electron chi connectivity index (χ3n) is 5.34. The molecule has 0 spiro atoms. The lowest BCUT2D eigenvalue weighted by molar-refractivity contribution is 0.120. The van der Waals surface area contributed by atoms with E-state index in [1.807, 2.05) is 6.92 Å². The van der Waals surface area contributed by atoms with Gasteiger partial charge in [-0.15, -0.1) is 11.3 Å². The Kier molecular flexibility index (Phi) is 4.83. The summed E-state index contributed by atoms with van der Waals surface area (Å²) in [5.41, 5.74) is 4.24. The van der Waals surface area contributed by atoms with Crippen molar-refractivity contribution in [2.75, 3.05) is 30.0 Å². The molecule has 0 aliphatic carbocycles. The van der Waals surface area contributed by atoms with Crippen LogP contribution in [0.3, 0.4) is 0 Å². The van der Waals surface area contributed by atoms with Gasteiger partial charge in [-0.2, -0.15) is 0 Å². The van der Waals surface area contributed by atoms with Gasteiger partial charge in [-0.05, 0) is 39.2 Å². The zero-order chi connectivity index (χ0) is 18.3. The number of hydrogen-bond acceptors (Lipinski definition) is 6. The maximum Gasteiger partial charge on any atom is 0.183 e. The van der Waals surface area contributed by atoms with Gasteiger partial charge in [0, 0.05) is 41.5 Å². The molecule has 4 rings (SSSR count). The van der Waals surface area contributed by atoms with E-state index >= 15 is 0 Å². The molecule has 0 saturated carbocycles. The van der Waals surface area contributed by atoms with Gasteiger partial charge in [0.05, 0.1) is 23.3 Å². The standard InChI is InChI=1S/C18H25N3O3S2/c1-12-8-16(13(2)21(12)14-5-7-26(22,23)11-14)17-10-25-18(20-17)19-9-15-4-3-6-24-15/h8,10,14-15H,3-7,9,11H2,1-2H3,(H,19,20). The Hall–Kier alpha value is -1.38. The van der Waals surface area contributed by atoms with Crippen molar-refractivity contribution in [3.63, 3.8) is 0 Å². The van der Waals surface area contributed by atoms with Gasteiger partial charge in [-0.3, -0.25) is 0 Å². The molecule has 2 atom stereocenters. The summed E-state index contributed by atoms with van der Waals surface area (Å²) in [4.78, 5) is 4.73. The Morgan fingerprint density at radius 3 is 2.92 bits per heavy atom. The van der Waals surface area contributed by atoms with Crippen molar-refractivity contribution in [3.8, 4) is 11.3 Å². The smallest absolute Gasteiger partial charge is 0.183 e. The lowest BCUT2D eigenvalue weighted by Crippen LogP contribution is -2.18. The summed E-state index contributed by atoms with van der Waals surface area (Å²) in [6, 6.07) is 2.17. The highest BCUT2D eigenvalue weighted by atomic mass is 32.2. The van der Waals surface area contributed by atoms with Gasteiger partial charge in [-0.25, -0.2) is 13.4 Å². The molecule has 2 aromatic heterocycles. The summed E-state index contributed by atoms with van der Waals surface area (Å²) >= 11 is 1.60. The molecule has 0 radical (unpaired) electrons. The van der Waals surface area contributed by atoms with E-state index in [4.69, 9.17) is 9.72 Å². The molecule has 2 unspecified atom stereocenters. The summed E-state index contributed by atoms with van der Waals surface area (Å²) < 4.78 is 31.5. The summed E-state index contributed by atoms with van der Waals surface area (Å²) in [6.45, 7) is 5.76. The second kappa shape index (κ2) is 6.98. The van der Waals surface area contributed by atoms with Crippen LogP contribution in [0.15, 0.2) is 11.4 Å². The second-order valence-corrected chi connectivity index (χ2v) is 10.4. The molecule has 2 saturated heterocycles. The van der Waals surface area contributed by atoms with E-state index in [1.165, 1.54) is 0 Å². The predicted molar refractivity (Wildman–Crippen MR) is 105 cm³/mol. The summed E-state index contributed by atoms with van der Waals surface area (Å²) in [6.07, 6.45) is 3.23. The van der Waals surface area contributed by atoms with Crippen LogP contribution in [0.2, 0.25) is 0 Å². The fourth-order valence-electron chi connectivity index (χ4n) is 4.06. The van der Waals surface area contributed by atoms with Crippen LogP contribution in [-0.4, -0.2) is 48.7 Å². The van der Waals surface area contributed by atoms with E-state index in [-0.39, 0.29) is 23.7 Å². The number of ether oxygens (including phenoxy) is 1. The number of aryl methyl sites for hydroxylation is 1. The van der Waals surface area contributed by atoms with Crippen LogP contribution in [0.5, 0.6) is 0 Å². The van der Waals surface area contributed by atoms with Crippen molar-refractivity contribution >= 4 is 26.3 Å². The van der Waals surface area contributed by atoms with Crippen molar-refractivity contribution in [2.45, 2.75) is 45.3 Å². The molecular weight excluding hydrogens is 370 g/mol. The number of aromatic nitrogens is 2. The first-order valence-electron chi connectivity index (χ1n) is 9.13.